The molecule has 1 heterocycles. The SMILES string of the molecule is CC(=O)CCN(C)CCC1CCOCC1. The fourth-order valence-electron chi connectivity index (χ4n) is 1.90. The molecule has 1 aliphatic heterocycles. The largest absolute Gasteiger partial charge is 0.381 e. The van der Waals surface area contributed by atoms with Crippen LogP contribution in [0.3, 0.4) is 0 Å². The molecule has 88 valence electrons. The summed E-state index contributed by atoms with van der Waals surface area (Å²) in [5.41, 5.74) is 0. The van der Waals surface area contributed by atoms with Crippen molar-refractivity contribution in [3.8, 4) is 0 Å². The fraction of sp³-hybridized carbons (Fsp3) is 0.917. The normalized spacial score (nSPS) is 18.3. The average molecular weight is 213 g/mol. The zero-order valence-electron chi connectivity index (χ0n) is 10.00. The Bertz CT molecular complexity index is 188. The molecule has 3 heteroatoms. The van der Waals surface area contributed by atoms with Crippen LogP contribution in [0.25, 0.3) is 0 Å². The van der Waals surface area contributed by atoms with Crippen LogP contribution in [0, 0.1) is 5.92 Å². The molecular formula is C12H23NO2. The minimum Gasteiger partial charge on any atom is -0.381 e. The minimum absolute atomic E-state index is 0.285. The van der Waals surface area contributed by atoms with E-state index in [2.05, 4.69) is 11.9 Å². The van der Waals surface area contributed by atoms with E-state index in [0.29, 0.717) is 6.42 Å². The highest BCUT2D eigenvalue weighted by atomic mass is 16.5. The van der Waals surface area contributed by atoms with Gasteiger partial charge in [-0.3, -0.25) is 4.79 Å². The van der Waals surface area contributed by atoms with Gasteiger partial charge >= 0.3 is 0 Å². The second-order valence-corrected chi connectivity index (χ2v) is 4.60. The molecule has 1 aliphatic rings. The molecule has 3 nitrogen and oxygen atoms in total. The van der Waals surface area contributed by atoms with E-state index in [4.69, 9.17) is 4.74 Å². The first kappa shape index (κ1) is 12.7. The first-order chi connectivity index (χ1) is 7.18. The zero-order valence-corrected chi connectivity index (χ0v) is 10.00. The summed E-state index contributed by atoms with van der Waals surface area (Å²) in [7, 11) is 2.10. The maximum atomic E-state index is 10.8. The van der Waals surface area contributed by atoms with Crippen molar-refractivity contribution in [2.75, 3.05) is 33.4 Å². The lowest BCUT2D eigenvalue weighted by molar-refractivity contribution is -0.117. The molecule has 15 heavy (non-hydrogen) atoms. The third-order valence-electron chi connectivity index (χ3n) is 3.11. The van der Waals surface area contributed by atoms with Gasteiger partial charge in [0.1, 0.15) is 5.78 Å². The van der Waals surface area contributed by atoms with Crippen molar-refractivity contribution in [3.63, 3.8) is 0 Å². The summed E-state index contributed by atoms with van der Waals surface area (Å²) in [4.78, 5) is 13.1. The number of rotatable bonds is 6. The standard InChI is InChI=1S/C12H23NO2/c1-11(14)3-7-13(2)8-4-12-5-9-15-10-6-12/h12H,3-10H2,1-2H3. The number of hydrogen-bond acceptors (Lipinski definition) is 3. The Morgan fingerprint density at radius 2 is 2.00 bits per heavy atom. The lowest BCUT2D eigenvalue weighted by atomic mass is 9.96. The van der Waals surface area contributed by atoms with Gasteiger partial charge in [-0.25, -0.2) is 0 Å². The summed E-state index contributed by atoms with van der Waals surface area (Å²) in [5, 5.41) is 0. The molecule has 1 saturated heterocycles. The Labute approximate surface area is 92.8 Å². The molecule has 1 fully saturated rings. The summed E-state index contributed by atoms with van der Waals surface area (Å²) >= 11 is 0. The van der Waals surface area contributed by atoms with Gasteiger partial charge in [-0.1, -0.05) is 0 Å². The molecule has 0 radical (unpaired) electrons. The summed E-state index contributed by atoms with van der Waals surface area (Å²) in [5.74, 6) is 1.12. The lowest BCUT2D eigenvalue weighted by Crippen LogP contribution is -2.26. The van der Waals surface area contributed by atoms with E-state index in [0.717, 1.165) is 32.2 Å². The molecule has 0 atom stereocenters. The van der Waals surface area contributed by atoms with E-state index in [1.54, 1.807) is 6.92 Å². The van der Waals surface area contributed by atoms with Crippen molar-refractivity contribution >= 4 is 5.78 Å². The number of nitrogens with zero attached hydrogens (tertiary/aromatic N) is 1. The van der Waals surface area contributed by atoms with Crippen LogP contribution >= 0.6 is 0 Å². The number of ketones is 1. The van der Waals surface area contributed by atoms with Gasteiger partial charge in [0.25, 0.3) is 0 Å². The molecular weight excluding hydrogens is 190 g/mol. The highest BCUT2D eigenvalue weighted by molar-refractivity contribution is 5.75. The summed E-state index contributed by atoms with van der Waals surface area (Å²) < 4.78 is 5.33. The molecule has 0 amide bonds. The van der Waals surface area contributed by atoms with Crippen molar-refractivity contribution in [2.45, 2.75) is 32.6 Å². The molecule has 0 aliphatic carbocycles. The quantitative estimate of drug-likeness (QED) is 0.673. The van der Waals surface area contributed by atoms with Crippen molar-refractivity contribution < 1.29 is 9.53 Å². The number of Topliss-reactive ketones (excluding diaryl/α,β-unsaturated/α-hetero) is 1. The van der Waals surface area contributed by atoms with Gasteiger partial charge in [0.2, 0.25) is 0 Å². The number of carbonyl (C=O) groups is 1. The Kier molecular flexibility index (Phi) is 5.88. The summed E-state index contributed by atoms with van der Waals surface area (Å²) in [6.07, 6.45) is 4.35. The van der Waals surface area contributed by atoms with E-state index in [1.165, 1.54) is 19.3 Å². The number of ether oxygens (including phenoxy) is 1. The summed E-state index contributed by atoms with van der Waals surface area (Å²) in [6.45, 7) is 5.53. The van der Waals surface area contributed by atoms with Crippen LogP contribution in [0.5, 0.6) is 0 Å². The van der Waals surface area contributed by atoms with Crippen molar-refractivity contribution in [3.05, 3.63) is 0 Å². The Morgan fingerprint density at radius 3 is 2.60 bits per heavy atom. The van der Waals surface area contributed by atoms with Crippen LogP contribution < -0.4 is 0 Å². The predicted molar refractivity (Wildman–Crippen MR) is 61.0 cm³/mol. The highest BCUT2D eigenvalue weighted by Crippen LogP contribution is 2.18. The van der Waals surface area contributed by atoms with Gasteiger partial charge in [0.05, 0.1) is 0 Å². The van der Waals surface area contributed by atoms with Gasteiger partial charge in [-0.2, -0.15) is 0 Å². The molecule has 0 N–H and O–H groups in total. The van der Waals surface area contributed by atoms with Crippen LogP contribution in [0.2, 0.25) is 0 Å². The van der Waals surface area contributed by atoms with Crippen LogP contribution in [0.4, 0.5) is 0 Å². The van der Waals surface area contributed by atoms with Gasteiger partial charge in [-0.05, 0) is 45.7 Å². The Hall–Kier alpha value is -0.410. The molecule has 0 aromatic carbocycles. The molecule has 0 spiro atoms. The van der Waals surface area contributed by atoms with Gasteiger partial charge < -0.3 is 9.64 Å². The maximum Gasteiger partial charge on any atom is 0.131 e. The third kappa shape index (κ3) is 5.90. The van der Waals surface area contributed by atoms with E-state index in [-0.39, 0.29) is 5.78 Å². The fourth-order valence-corrected chi connectivity index (χ4v) is 1.90. The molecule has 0 aromatic rings. The number of hydrogen-bond donors (Lipinski definition) is 0. The second-order valence-electron chi connectivity index (χ2n) is 4.60. The molecule has 0 aromatic heterocycles. The van der Waals surface area contributed by atoms with Crippen LogP contribution in [0.1, 0.15) is 32.6 Å². The van der Waals surface area contributed by atoms with Crippen LogP contribution in [0.15, 0.2) is 0 Å². The molecule has 0 bridgehead atoms. The number of carbonyl (C=O) groups excluding carboxylic acids is 1. The van der Waals surface area contributed by atoms with E-state index >= 15 is 0 Å². The average Bonchev–Trinajstić information content (AvgIpc) is 2.25. The van der Waals surface area contributed by atoms with Crippen LogP contribution in [-0.2, 0) is 9.53 Å². The smallest absolute Gasteiger partial charge is 0.131 e. The maximum absolute atomic E-state index is 10.8. The van der Waals surface area contributed by atoms with E-state index in [1.807, 2.05) is 0 Å². The van der Waals surface area contributed by atoms with Crippen molar-refractivity contribution in [1.82, 2.24) is 4.90 Å². The first-order valence-electron chi connectivity index (χ1n) is 5.94. The second kappa shape index (κ2) is 6.96. The summed E-state index contributed by atoms with van der Waals surface area (Å²) in [6, 6.07) is 0. The molecule has 0 saturated carbocycles. The lowest BCUT2D eigenvalue weighted by Gasteiger charge is -2.24. The topological polar surface area (TPSA) is 29.5 Å². The predicted octanol–water partition coefficient (Wildman–Crippen LogP) is 1.71. The van der Waals surface area contributed by atoms with Gasteiger partial charge in [0, 0.05) is 26.2 Å². The van der Waals surface area contributed by atoms with Crippen molar-refractivity contribution in [2.24, 2.45) is 5.92 Å². The van der Waals surface area contributed by atoms with E-state index < -0.39 is 0 Å². The van der Waals surface area contributed by atoms with Gasteiger partial charge in [-0.15, -0.1) is 0 Å². The zero-order chi connectivity index (χ0) is 11.1. The molecule has 0 unspecified atom stereocenters. The first-order valence-corrected chi connectivity index (χ1v) is 5.94. The van der Waals surface area contributed by atoms with E-state index in [9.17, 15) is 4.79 Å². The third-order valence-corrected chi connectivity index (χ3v) is 3.11. The molecule has 1 rings (SSSR count). The van der Waals surface area contributed by atoms with Crippen molar-refractivity contribution in [1.29, 1.82) is 0 Å². The van der Waals surface area contributed by atoms with Crippen LogP contribution in [-0.4, -0.2) is 44.0 Å². The Morgan fingerprint density at radius 1 is 1.33 bits per heavy atom. The minimum atomic E-state index is 0.285. The Balaban J connectivity index is 2.04. The highest BCUT2D eigenvalue weighted by Gasteiger charge is 2.14. The van der Waals surface area contributed by atoms with Gasteiger partial charge in [0.15, 0.2) is 0 Å². The monoisotopic (exact) mass is 213 g/mol.